The second-order valence-corrected chi connectivity index (χ2v) is 6.67. The average molecular weight is 301 g/mol. The van der Waals surface area contributed by atoms with E-state index in [4.69, 9.17) is 0 Å². The predicted molar refractivity (Wildman–Crippen MR) is 87.3 cm³/mol. The van der Waals surface area contributed by atoms with Crippen LogP contribution in [0.15, 0.2) is 59.5 Å². The van der Waals surface area contributed by atoms with Gasteiger partial charge in [-0.2, -0.15) is 0 Å². The van der Waals surface area contributed by atoms with E-state index in [0.29, 0.717) is 17.9 Å². The molecule has 1 aliphatic rings. The van der Waals surface area contributed by atoms with Crippen molar-refractivity contribution < 1.29 is 4.39 Å². The lowest BCUT2D eigenvalue weighted by Gasteiger charge is -2.16. The van der Waals surface area contributed by atoms with Crippen LogP contribution in [-0.2, 0) is 0 Å². The van der Waals surface area contributed by atoms with E-state index in [0.717, 1.165) is 10.6 Å². The zero-order valence-corrected chi connectivity index (χ0v) is 12.9. The van der Waals surface area contributed by atoms with Crippen LogP contribution in [0.4, 0.5) is 4.39 Å². The first-order valence-corrected chi connectivity index (χ1v) is 8.37. The van der Waals surface area contributed by atoms with Crippen molar-refractivity contribution in [1.82, 2.24) is 5.32 Å². The molecule has 3 heteroatoms. The molecule has 0 spiro atoms. The van der Waals surface area contributed by atoms with Crippen molar-refractivity contribution in [2.24, 2.45) is 5.92 Å². The summed E-state index contributed by atoms with van der Waals surface area (Å²) < 4.78 is 13.2. The molecular weight excluding hydrogens is 281 g/mol. The Labute approximate surface area is 130 Å². The first-order valence-electron chi connectivity index (χ1n) is 7.38. The van der Waals surface area contributed by atoms with Gasteiger partial charge < -0.3 is 5.32 Å². The van der Waals surface area contributed by atoms with Gasteiger partial charge in [0.2, 0.25) is 0 Å². The molecule has 2 aromatic rings. The van der Waals surface area contributed by atoms with Gasteiger partial charge in [0.15, 0.2) is 0 Å². The van der Waals surface area contributed by atoms with Gasteiger partial charge in [-0.25, -0.2) is 4.39 Å². The zero-order chi connectivity index (χ0) is 14.7. The van der Waals surface area contributed by atoms with Crippen LogP contribution in [0.3, 0.4) is 0 Å². The minimum absolute atomic E-state index is 0.158. The SMILES string of the molecule is CNC(CSc1cccc(F)c1)C1CC1c1ccccc1. The Kier molecular flexibility index (Phi) is 4.61. The van der Waals surface area contributed by atoms with Crippen molar-refractivity contribution in [2.45, 2.75) is 23.3 Å². The van der Waals surface area contributed by atoms with Crippen LogP contribution in [0.5, 0.6) is 0 Å². The van der Waals surface area contributed by atoms with Crippen LogP contribution in [0.25, 0.3) is 0 Å². The Hall–Kier alpha value is -1.32. The highest BCUT2D eigenvalue weighted by molar-refractivity contribution is 7.99. The van der Waals surface area contributed by atoms with Crippen molar-refractivity contribution in [3.63, 3.8) is 0 Å². The number of thioether (sulfide) groups is 1. The van der Waals surface area contributed by atoms with Gasteiger partial charge in [-0.1, -0.05) is 36.4 Å². The van der Waals surface area contributed by atoms with Crippen molar-refractivity contribution in [3.8, 4) is 0 Å². The molecule has 1 nitrogen and oxygen atoms in total. The van der Waals surface area contributed by atoms with Crippen LogP contribution in [-0.4, -0.2) is 18.8 Å². The van der Waals surface area contributed by atoms with E-state index < -0.39 is 0 Å². The van der Waals surface area contributed by atoms with E-state index in [1.807, 2.05) is 13.1 Å². The lowest BCUT2D eigenvalue weighted by atomic mass is 10.1. The summed E-state index contributed by atoms with van der Waals surface area (Å²) in [4.78, 5) is 1.01. The molecule has 1 N–H and O–H groups in total. The molecule has 2 aromatic carbocycles. The van der Waals surface area contributed by atoms with Crippen molar-refractivity contribution in [1.29, 1.82) is 0 Å². The van der Waals surface area contributed by atoms with E-state index in [1.165, 1.54) is 18.1 Å². The fraction of sp³-hybridized carbons (Fsp3) is 0.333. The third-order valence-corrected chi connectivity index (χ3v) is 5.29. The molecule has 21 heavy (non-hydrogen) atoms. The van der Waals surface area contributed by atoms with Gasteiger partial charge >= 0.3 is 0 Å². The van der Waals surface area contributed by atoms with Crippen LogP contribution in [0.1, 0.15) is 17.9 Å². The first kappa shape index (κ1) is 14.6. The highest BCUT2D eigenvalue weighted by atomic mass is 32.2. The Morgan fingerprint density at radius 2 is 2.00 bits per heavy atom. The summed E-state index contributed by atoms with van der Waals surface area (Å²) in [5.74, 6) is 2.19. The number of rotatable bonds is 6. The quantitative estimate of drug-likeness (QED) is 0.798. The molecule has 3 unspecified atom stereocenters. The topological polar surface area (TPSA) is 12.0 Å². The largest absolute Gasteiger partial charge is 0.316 e. The summed E-state index contributed by atoms with van der Waals surface area (Å²) in [6, 6.07) is 18.1. The number of hydrogen-bond acceptors (Lipinski definition) is 2. The number of benzene rings is 2. The molecule has 3 atom stereocenters. The van der Waals surface area contributed by atoms with E-state index >= 15 is 0 Å². The summed E-state index contributed by atoms with van der Waals surface area (Å²) in [5, 5.41) is 3.43. The van der Waals surface area contributed by atoms with Gasteiger partial charge in [0, 0.05) is 16.7 Å². The number of halogens is 1. The Balaban J connectivity index is 1.57. The first-order chi connectivity index (χ1) is 10.3. The maximum absolute atomic E-state index is 13.2. The lowest BCUT2D eigenvalue weighted by molar-refractivity contribution is 0.542. The van der Waals surface area contributed by atoms with Gasteiger partial charge in [-0.15, -0.1) is 11.8 Å². The Morgan fingerprint density at radius 1 is 1.19 bits per heavy atom. The highest BCUT2D eigenvalue weighted by Crippen LogP contribution is 2.50. The summed E-state index contributed by atoms with van der Waals surface area (Å²) in [6.07, 6.45) is 1.25. The van der Waals surface area contributed by atoms with Gasteiger partial charge in [0.05, 0.1) is 0 Å². The van der Waals surface area contributed by atoms with E-state index in [1.54, 1.807) is 23.9 Å². The van der Waals surface area contributed by atoms with Gasteiger partial charge in [-0.05, 0) is 49.1 Å². The molecule has 0 heterocycles. The second kappa shape index (κ2) is 6.63. The summed E-state index contributed by atoms with van der Waals surface area (Å²) in [5.41, 5.74) is 1.44. The molecule has 0 bridgehead atoms. The number of nitrogens with one attached hydrogen (secondary N) is 1. The van der Waals surface area contributed by atoms with Crippen molar-refractivity contribution in [3.05, 3.63) is 66.0 Å². The molecular formula is C18H20FNS. The predicted octanol–water partition coefficient (Wildman–Crippen LogP) is 4.31. The fourth-order valence-electron chi connectivity index (χ4n) is 2.91. The molecule has 1 aliphatic carbocycles. The summed E-state index contributed by atoms with van der Waals surface area (Å²) >= 11 is 1.73. The smallest absolute Gasteiger partial charge is 0.124 e. The van der Waals surface area contributed by atoms with Crippen LogP contribution in [0, 0.1) is 11.7 Å². The van der Waals surface area contributed by atoms with Crippen LogP contribution >= 0.6 is 11.8 Å². The molecule has 1 saturated carbocycles. The van der Waals surface area contributed by atoms with Crippen molar-refractivity contribution >= 4 is 11.8 Å². The normalized spacial score (nSPS) is 22.0. The summed E-state index contributed by atoms with van der Waals surface area (Å²) in [7, 11) is 2.02. The minimum Gasteiger partial charge on any atom is -0.316 e. The van der Waals surface area contributed by atoms with Gasteiger partial charge in [0.25, 0.3) is 0 Å². The van der Waals surface area contributed by atoms with Crippen LogP contribution in [0.2, 0.25) is 0 Å². The maximum atomic E-state index is 13.2. The minimum atomic E-state index is -0.158. The maximum Gasteiger partial charge on any atom is 0.124 e. The molecule has 0 saturated heterocycles. The van der Waals surface area contributed by atoms with E-state index in [2.05, 4.69) is 35.6 Å². The molecule has 0 radical (unpaired) electrons. The van der Waals surface area contributed by atoms with E-state index in [-0.39, 0.29) is 5.82 Å². The average Bonchev–Trinajstić information content (AvgIpc) is 3.29. The Bertz CT molecular complexity index is 587. The van der Waals surface area contributed by atoms with E-state index in [9.17, 15) is 4.39 Å². The van der Waals surface area contributed by atoms with Crippen LogP contribution < -0.4 is 5.32 Å². The third kappa shape index (κ3) is 3.66. The molecule has 3 rings (SSSR count). The zero-order valence-electron chi connectivity index (χ0n) is 12.1. The van der Waals surface area contributed by atoms with Crippen molar-refractivity contribution in [2.75, 3.05) is 12.8 Å². The summed E-state index contributed by atoms with van der Waals surface area (Å²) in [6.45, 7) is 0. The Morgan fingerprint density at radius 3 is 2.71 bits per heavy atom. The monoisotopic (exact) mass is 301 g/mol. The highest BCUT2D eigenvalue weighted by Gasteiger charge is 2.42. The fourth-order valence-corrected chi connectivity index (χ4v) is 4.06. The van der Waals surface area contributed by atoms with Gasteiger partial charge in [0.1, 0.15) is 5.82 Å². The number of hydrogen-bond donors (Lipinski definition) is 1. The molecule has 110 valence electrons. The third-order valence-electron chi connectivity index (χ3n) is 4.18. The standard InChI is InChI=1S/C18H20FNS/c1-20-18(12-21-15-9-5-8-14(19)10-15)17-11-16(17)13-6-3-2-4-7-13/h2-10,16-18,20H,11-12H2,1H3. The van der Waals surface area contributed by atoms with Gasteiger partial charge in [-0.3, -0.25) is 0 Å². The molecule has 0 amide bonds. The molecule has 0 aromatic heterocycles. The molecule has 0 aliphatic heterocycles. The molecule has 1 fully saturated rings. The lowest BCUT2D eigenvalue weighted by Crippen LogP contribution is -2.30. The second-order valence-electron chi connectivity index (χ2n) is 5.58.